The van der Waals surface area contributed by atoms with E-state index in [1.807, 2.05) is 0 Å². The van der Waals surface area contributed by atoms with Crippen LogP contribution in [-0.2, 0) is 9.53 Å². The Morgan fingerprint density at radius 3 is 3.00 bits per heavy atom. The molecule has 0 saturated heterocycles. The molecule has 0 radical (unpaired) electrons. The molecule has 0 unspecified atom stereocenters. The first-order chi connectivity index (χ1) is 3.91. The first-order valence-electron chi connectivity index (χ1n) is 2.36. The molecule has 8 heavy (non-hydrogen) atoms. The van der Waals surface area contributed by atoms with E-state index in [-0.39, 0.29) is 0 Å². The fourth-order valence-electron chi connectivity index (χ4n) is 0.283. The second-order valence-corrected chi connectivity index (χ2v) is 1.14. The van der Waals surface area contributed by atoms with Crippen LogP contribution in [-0.4, -0.2) is 13.1 Å². The Kier molecular flexibility index (Phi) is 5.30. The molecule has 0 bridgehead atoms. The van der Waals surface area contributed by atoms with Crippen molar-refractivity contribution in [1.29, 1.82) is 0 Å². The summed E-state index contributed by atoms with van der Waals surface area (Å²) in [6, 6.07) is 0. The topological polar surface area (TPSA) is 26.3 Å². The van der Waals surface area contributed by atoms with Crippen molar-refractivity contribution in [3.05, 3.63) is 0 Å². The van der Waals surface area contributed by atoms with E-state index in [0.717, 1.165) is 0 Å². The summed E-state index contributed by atoms with van der Waals surface area (Å²) in [6.07, 6.45) is 0.634. The van der Waals surface area contributed by atoms with Crippen LogP contribution in [0.4, 0.5) is 0 Å². The summed E-state index contributed by atoms with van der Waals surface area (Å²) in [6.45, 7) is 2.59. The lowest BCUT2D eigenvalue weighted by Gasteiger charge is -1.87. The molecule has 0 spiro atoms. The molecule has 0 atom stereocenters. The monoisotopic (exact) mass is 112 g/mol. The molecule has 0 fully saturated rings. The van der Waals surface area contributed by atoms with E-state index in [2.05, 4.69) is 16.6 Å². The molecule has 0 aromatic carbocycles. The van der Waals surface area contributed by atoms with Gasteiger partial charge in [0.1, 0.15) is 6.61 Å². The number of hydrogen-bond acceptors (Lipinski definition) is 2. The van der Waals surface area contributed by atoms with Crippen molar-refractivity contribution in [2.24, 2.45) is 0 Å². The highest BCUT2D eigenvalue weighted by Gasteiger charge is 1.75. The highest BCUT2D eigenvalue weighted by Crippen LogP contribution is 1.74. The summed E-state index contributed by atoms with van der Waals surface area (Å²) < 4.78 is 4.35. The molecule has 0 rings (SSSR count). The normalized spacial score (nSPS) is 6.62. The third kappa shape index (κ3) is 5.03. The smallest absolute Gasteiger partial charge is 0.293 e. The minimum Gasteiger partial charge on any atom is -0.467 e. The Morgan fingerprint density at radius 1 is 1.75 bits per heavy atom. The van der Waals surface area contributed by atoms with Crippen molar-refractivity contribution in [1.82, 2.24) is 0 Å². The van der Waals surface area contributed by atoms with Gasteiger partial charge in [0.25, 0.3) is 6.47 Å². The quantitative estimate of drug-likeness (QED) is 0.303. The van der Waals surface area contributed by atoms with Crippen molar-refractivity contribution >= 4 is 6.47 Å². The van der Waals surface area contributed by atoms with Gasteiger partial charge in [0, 0.05) is 6.42 Å². The minimum atomic E-state index is 0.407. The van der Waals surface area contributed by atoms with E-state index < -0.39 is 0 Å². The van der Waals surface area contributed by atoms with Crippen LogP contribution in [0.2, 0.25) is 0 Å². The van der Waals surface area contributed by atoms with Crippen LogP contribution in [0.3, 0.4) is 0 Å². The molecule has 2 nitrogen and oxygen atoms in total. The highest BCUT2D eigenvalue weighted by molar-refractivity contribution is 5.36. The minimum absolute atomic E-state index is 0.407. The van der Waals surface area contributed by atoms with Crippen LogP contribution < -0.4 is 0 Å². The van der Waals surface area contributed by atoms with Gasteiger partial charge < -0.3 is 4.74 Å². The fourth-order valence-corrected chi connectivity index (χ4v) is 0.283. The van der Waals surface area contributed by atoms with E-state index >= 15 is 0 Å². The van der Waals surface area contributed by atoms with Crippen LogP contribution >= 0.6 is 0 Å². The molecule has 0 aliphatic rings. The second kappa shape index (κ2) is 6.03. The molecule has 0 saturated carbocycles. The number of hydrogen-bond donors (Lipinski definition) is 0. The average molecular weight is 112 g/mol. The molecule has 0 N–H and O–H groups in total. The number of carbonyl (C=O) groups excluding carboxylic acids is 1. The molecular formula is C6H8O2. The average Bonchev–Trinajstić information content (AvgIpc) is 1.81. The lowest BCUT2D eigenvalue weighted by molar-refractivity contribution is -0.128. The van der Waals surface area contributed by atoms with Gasteiger partial charge in [-0.1, -0.05) is 0 Å². The van der Waals surface area contributed by atoms with Crippen LogP contribution in [0.1, 0.15) is 13.3 Å². The summed E-state index contributed by atoms with van der Waals surface area (Å²) in [5, 5.41) is 0. The van der Waals surface area contributed by atoms with Gasteiger partial charge in [0.15, 0.2) is 0 Å². The van der Waals surface area contributed by atoms with Crippen LogP contribution in [0.25, 0.3) is 0 Å². The first-order valence-corrected chi connectivity index (χ1v) is 2.36. The van der Waals surface area contributed by atoms with Gasteiger partial charge in [0.2, 0.25) is 0 Å². The van der Waals surface area contributed by atoms with Gasteiger partial charge in [-0.3, -0.25) is 4.79 Å². The predicted octanol–water partition coefficient (Wildman–Crippen LogP) is 0.573. The van der Waals surface area contributed by atoms with E-state index in [1.165, 1.54) is 0 Å². The molecule has 2 heteroatoms. The van der Waals surface area contributed by atoms with Gasteiger partial charge >= 0.3 is 0 Å². The van der Waals surface area contributed by atoms with Gasteiger partial charge in [-0.05, 0) is 6.92 Å². The summed E-state index contributed by atoms with van der Waals surface area (Å²) in [7, 11) is 0. The molecule has 0 aliphatic carbocycles. The molecule has 0 heterocycles. The summed E-state index contributed by atoms with van der Waals surface area (Å²) in [5.41, 5.74) is 0. The lowest BCUT2D eigenvalue weighted by Crippen LogP contribution is -1.87. The SMILES string of the molecule is CC#CCCOC=O. The standard InChI is InChI=1S/C6H8O2/c1-2-3-4-5-8-6-7/h6H,4-5H2,1H3. The number of carbonyl (C=O) groups is 1. The molecule has 0 amide bonds. The summed E-state index contributed by atoms with van der Waals surface area (Å²) in [5.74, 6) is 5.43. The molecule has 0 aromatic rings. The van der Waals surface area contributed by atoms with Crippen molar-refractivity contribution < 1.29 is 9.53 Å². The zero-order valence-corrected chi connectivity index (χ0v) is 4.81. The summed E-state index contributed by atoms with van der Waals surface area (Å²) >= 11 is 0. The van der Waals surface area contributed by atoms with Crippen LogP contribution in [0.5, 0.6) is 0 Å². The predicted molar refractivity (Wildman–Crippen MR) is 30.1 cm³/mol. The van der Waals surface area contributed by atoms with Gasteiger partial charge in [-0.15, -0.1) is 11.8 Å². The van der Waals surface area contributed by atoms with Crippen LogP contribution in [0.15, 0.2) is 0 Å². The van der Waals surface area contributed by atoms with E-state index in [0.29, 0.717) is 19.5 Å². The Labute approximate surface area is 48.8 Å². The van der Waals surface area contributed by atoms with Gasteiger partial charge in [-0.25, -0.2) is 0 Å². The highest BCUT2D eigenvalue weighted by atomic mass is 16.5. The maximum atomic E-state index is 9.50. The maximum Gasteiger partial charge on any atom is 0.293 e. The lowest BCUT2D eigenvalue weighted by atomic mass is 10.4. The molecule has 0 aliphatic heterocycles. The number of rotatable bonds is 3. The maximum absolute atomic E-state index is 9.50. The third-order valence-electron chi connectivity index (χ3n) is 0.590. The largest absolute Gasteiger partial charge is 0.467 e. The fraction of sp³-hybridized carbons (Fsp3) is 0.500. The molecular weight excluding hydrogens is 104 g/mol. The van der Waals surface area contributed by atoms with Gasteiger partial charge in [0.05, 0.1) is 0 Å². The second-order valence-electron chi connectivity index (χ2n) is 1.14. The van der Waals surface area contributed by atoms with E-state index in [9.17, 15) is 4.79 Å². The Bertz CT molecular complexity index is 107. The summed E-state index contributed by atoms with van der Waals surface area (Å²) in [4.78, 5) is 9.50. The molecule has 44 valence electrons. The third-order valence-corrected chi connectivity index (χ3v) is 0.590. The Balaban J connectivity index is 2.89. The number of ether oxygens (including phenoxy) is 1. The first kappa shape index (κ1) is 7.03. The Hall–Kier alpha value is -0.970. The van der Waals surface area contributed by atoms with Crippen molar-refractivity contribution in [2.45, 2.75) is 13.3 Å². The van der Waals surface area contributed by atoms with E-state index in [4.69, 9.17) is 0 Å². The molecule has 0 aromatic heterocycles. The zero-order chi connectivity index (χ0) is 6.24. The van der Waals surface area contributed by atoms with Crippen LogP contribution in [0, 0.1) is 11.8 Å². The van der Waals surface area contributed by atoms with Crippen molar-refractivity contribution in [2.75, 3.05) is 6.61 Å². The van der Waals surface area contributed by atoms with Gasteiger partial charge in [-0.2, -0.15) is 0 Å². The van der Waals surface area contributed by atoms with Crippen molar-refractivity contribution in [3.8, 4) is 11.8 Å². The van der Waals surface area contributed by atoms with Crippen molar-refractivity contribution in [3.63, 3.8) is 0 Å². The Morgan fingerprint density at radius 2 is 2.50 bits per heavy atom. The van der Waals surface area contributed by atoms with E-state index in [1.54, 1.807) is 6.92 Å². The zero-order valence-electron chi connectivity index (χ0n) is 4.81.